The Hall–Kier alpha value is -2.92. The molecule has 0 bridgehead atoms. The van der Waals surface area contributed by atoms with Gasteiger partial charge in [-0.05, 0) is 30.7 Å². The number of nitriles is 1. The molecule has 124 valence electrons. The van der Waals surface area contributed by atoms with Crippen LogP contribution in [0.4, 0.5) is 11.4 Å². The van der Waals surface area contributed by atoms with Crippen molar-refractivity contribution in [2.75, 3.05) is 10.8 Å². The smallest absolute Gasteiger partial charge is 0.267 e. The van der Waals surface area contributed by atoms with Gasteiger partial charge in [0.25, 0.3) is 15.7 Å². The van der Waals surface area contributed by atoms with Crippen molar-refractivity contribution in [2.45, 2.75) is 18.2 Å². The van der Waals surface area contributed by atoms with Crippen molar-refractivity contribution in [1.29, 1.82) is 5.26 Å². The van der Waals surface area contributed by atoms with Gasteiger partial charge in [-0.25, -0.2) is 8.42 Å². The average Bonchev–Trinajstić information content (AvgIpc) is 2.57. The van der Waals surface area contributed by atoms with E-state index in [9.17, 15) is 18.5 Å². The zero-order valence-electron chi connectivity index (χ0n) is 12.9. The molecule has 2 aromatic carbocycles. The number of sulfonamides is 1. The third-order valence-corrected chi connectivity index (χ3v) is 5.31. The summed E-state index contributed by atoms with van der Waals surface area (Å²) in [5.41, 5.74) is 0.937. The number of non-ortho nitro benzene ring substituents is 1. The van der Waals surface area contributed by atoms with Gasteiger partial charge in [0, 0.05) is 18.7 Å². The molecule has 7 nitrogen and oxygen atoms in total. The van der Waals surface area contributed by atoms with E-state index in [1.165, 1.54) is 22.5 Å². The third-order valence-electron chi connectivity index (χ3n) is 3.41. The zero-order valence-corrected chi connectivity index (χ0v) is 13.7. The molecule has 24 heavy (non-hydrogen) atoms. The number of benzene rings is 2. The fraction of sp³-hybridized carbons (Fsp3) is 0.188. The maximum absolute atomic E-state index is 12.8. The lowest BCUT2D eigenvalue weighted by Crippen LogP contribution is -2.30. The minimum Gasteiger partial charge on any atom is -0.267 e. The summed E-state index contributed by atoms with van der Waals surface area (Å²) in [5, 5.41) is 19.5. The highest BCUT2D eigenvalue weighted by atomic mass is 32.2. The minimum absolute atomic E-state index is 0.139. The number of rotatable bonds is 6. The second kappa shape index (κ2) is 7.10. The zero-order chi connectivity index (χ0) is 17.7. The number of anilines is 1. The van der Waals surface area contributed by atoms with Crippen molar-refractivity contribution in [3.8, 4) is 6.07 Å². The van der Waals surface area contributed by atoms with Crippen molar-refractivity contribution in [2.24, 2.45) is 0 Å². The highest BCUT2D eigenvalue weighted by Gasteiger charge is 2.25. The first-order chi connectivity index (χ1) is 11.4. The maximum atomic E-state index is 12.8. The van der Waals surface area contributed by atoms with Gasteiger partial charge in [-0.1, -0.05) is 18.2 Å². The van der Waals surface area contributed by atoms with Crippen molar-refractivity contribution in [3.05, 3.63) is 64.2 Å². The van der Waals surface area contributed by atoms with E-state index in [2.05, 4.69) is 0 Å². The molecule has 0 saturated carbocycles. The Morgan fingerprint density at radius 2 is 1.88 bits per heavy atom. The molecular weight excluding hydrogens is 330 g/mol. The normalized spacial score (nSPS) is 10.8. The van der Waals surface area contributed by atoms with Gasteiger partial charge in [0.05, 0.1) is 28.0 Å². The summed E-state index contributed by atoms with van der Waals surface area (Å²) < 4.78 is 26.8. The van der Waals surface area contributed by atoms with Gasteiger partial charge in [0.1, 0.15) is 0 Å². The summed E-state index contributed by atoms with van der Waals surface area (Å²) in [5.74, 6) is 0. The molecule has 2 rings (SSSR count). The van der Waals surface area contributed by atoms with E-state index in [0.717, 1.165) is 11.6 Å². The van der Waals surface area contributed by atoms with Crippen molar-refractivity contribution >= 4 is 21.4 Å². The molecule has 0 atom stereocenters. The van der Waals surface area contributed by atoms with Crippen LogP contribution in [0, 0.1) is 21.4 Å². The predicted octanol–water partition coefficient (Wildman–Crippen LogP) is 2.88. The van der Waals surface area contributed by atoms with Crippen LogP contribution in [0.2, 0.25) is 0 Å². The quantitative estimate of drug-likeness (QED) is 0.591. The van der Waals surface area contributed by atoms with Crippen LogP contribution in [-0.2, 0) is 16.4 Å². The van der Waals surface area contributed by atoms with Crippen LogP contribution in [0.25, 0.3) is 0 Å². The lowest BCUT2D eigenvalue weighted by Gasteiger charge is -2.23. The summed E-state index contributed by atoms with van der Waals surface area (Å²) in [6, 6.07) is 13.6. The van der Waals surface area contributed by atoms with Crippen molar-refractivity contribution in [1.82, 2.24) is 0 Å². The van der Waals surface area contributed by atoms with E-state index >= 15 is 0 Å². The van der Waals surface area contributed by atoms with Gasteiger partial charge in [-0.3, -0.25) is 14.4 Å². The Morgan fingerprint density at radius 1 is 1.21 bits per heavy atom. The number of hydrogen-bond donors (Lipinski definition) is 0. The topological polar surface area (TPSA) is 104 Å². The van der Waals surface area contributed by atoms with Gasteiger partial charge in [-0.15, -0.1) is 0 Å². The molecule has 0 aliphatic heterocycles. The molecule has 8 heteroatoms. The Labute approximate surface area is 140 Å². The standard InChI is InChI=1S/C16H15N3O4S/c1-2-18(14-8-6-13(7-9-14)10-11-17)24(22,23)16-5-3-4-15(12-16)19(20)21/h3-9,12H,2,10H2,1H3. The van der Waals surface area contributed by atoms with Crippen LogP contribution in [0.1, 0.15) is 12.5 Å². The van der Waals surface area contributed by atoms with E-state index < -0.39 is 14.9 Å². The molecular formula is C16H15N3O4S. The Balaban J connectivity index is 2.43. The molecule has 0 heterocycles. The van der Waals surface area contributed by atoms with Crippen LogP contribution in [0.15, 0.2) is 53.4 Å². The van der Waals surface area contributed by atoms with E-state index in [0.29, 0.717) is 5.69 Å². The first-order valence-corrected chi connectivity index (χ1v) is 8.57. The monoisotopic (exact) mass is 345 g/mol. The van der Waals surface area contributed by atoms with E-state index in [4.69, 9.17) is 5.26 Å². The second-order valence-electron chi connectivity index (χ2n) is 4.93. The lowest BCUT2D eigenvalue weighted by atomic mass is 10.1. The molecule has 0 N–H and O–H groups in total. The average molecular weight is 345 g/mol. The van der Waals surface area contributed by atoms with Crippen molar-refractivity contribution < 1.29 is 13.3 Å². The summed E-state index contributed by atoms with van der Waals surface area (Å²) >= 11 is 0. The molecule has 0 unspecified atom stereocenters. The van der Waals surface area contributed by atoms with Gasteiger partial charge >= 0.3 is 0 Å². The Bertz CT molecular complexity index is 886. The first kappa shape index (κ1) is 17.4. The summed E-state index contributed by atoms with van der Waals surface area (Å²) in [6.45, 7) is 1.85. The highest BCUT2D eigenvalue weighted by Crippen LogP contribution is 2.26. The molecule has 0 aromatic heterocycles. The molecule has 0 spiro atoms. The van der Waals surface area contributed by atoms with Crippen LogP contribution in [0.3, 0.4) is 0 Å². The molecule has 0 aliphatic carbocycles. The number of nitro groups is 1. The summed E-state index contributed by atoms with van der Waals surface area (Å²) in [7, 11) is -3.92. The summed E-state index contributed by atoms with van der Waals surface area (Å²) in [6.07, 6.45) is 0.240. The van der Waals surface area contributed by atoms with Gasteiger partial charge in [0.15, 0.2) is 0 Å². The minimum atomic E-state index is -3.92. The number of hydrogen-bond acceptors (Lipinski definition) is 5. The molecule has 0 saturated heterocycles. The maximum Gasteiger partial charge on any atom is 0.270 e. The van der Waals surface area contributed by atoms with E-state index in [1.54, 1.807) is 31.2 Å². The number of nitrogens with zero attached hydrogens (tertiary/aromatic N) is 3. The van der Waals surface area contributed by atoms with E-state index in [1.807, 2.05) is 6.07 Å². The Kier molecular flexibility index (Phi) is 5.16. The molecule has 0 radical (unpaired) electrons. The molecule has 0 fully saturated rings. The van der Waals surface area contributed by atoms with Gasteiger partial charge in [0.2, 0.25) is 0 Å². The van der Waals surface area contributed by atoms with Gasteiger partial charge < -0.3 is 0 Å². The largest absolute Gasteiger partial charge is 0.270 e. The summed E-state index contributed by atoms with van der Waals surface area (Å²) in [4.78, 5) is 10.1. The second-order valence-corrected chi connectivity index (χ2v) is 6.79. The fourth-order valence-electron chi connectivity index (χ4n) is 2.25. The molecule has 0 amide bonds. The van der Waals surface area contributed by atoms with Crippen molar-refractivity contribution in [3.63, 3.8) is 0 Å². The Morgan fingerprint density at radius 3 is 2.42 bits per heavy atom. The molecule has 2 aromatic rings. The third kappa shape index (κ3) is 3.52. The first-order valence-electron chi connectivity index (χ1n) is 7.13. The van der Waals surface area contributed by atoms with Gasteiger partial charge in [-0.2, -0.15) is 5.26 Å². The van der Waals surface area contributed by atoms with Crippen LogP contribution in [-0.4, -0.2) is 19.9 Å². The van der Waals surface area contributed by atoms with Crippen LogP contribution >= 0.6 is 0 Å². The molecule has 0 aliphatic rings. The SMILES string of the molecule is CCN(c1ccc(CC#N)cc1)S(=O)(=O)c1cccc([N+](=O)[O-])c1. The van der Waals surface area contributed by atoms with Crippen LogP contribution < -0.4 is 4.31 Å². The van der Waals surface area contributed by atoms with Crippen LogP contribution in [0.5, 0.6) is 0 Å². The lowest BCUT2D eigenvalue weighted by molar-refractivity contribution is -0.385. The fourth-order valence-corrected chi connectivity index (χ4v) is 3.76. The highest BCUT2D eigenvalue weighted by molar-refractivity contribution is 7.92. The predicted molar refractivity (Wildman–Crippen MR) is 89.1 cm³/mol. The van der Waals surface area contributed by atoms with E-state index in [-0.39, 0.29) is 23.5 Å². The number of nitro benzene ring substituents is 1.